The third-order valence-corrected chi connectivity index (χ3v) is 2.38. The van der Waals surface area contributed by atoms with Gasteiger partial charge in [-0.3, -0.25) is 0 Å². The second-order valence-corrected chi connectivity index (χ2v) is 4.01. The van der Waals surface area contributed by atoms with Gasteiger partial charge in [-0.05, 0) is 13.8 Å². The Morgan fingerprint density at radius 1 is 1.36 bits per heavy atom. The SMILES string of the molecule is CC1(C)OC2C=CC(OCCO)C2O1. The molecular formula is C10H16O4. The standard InChI is InChI=1S/C10H16O4/c1-10(2)13-8-4-3-7(9(8)14-10)12-6-5-11/h3-4,7-9,11H,5-6H2,1-2H3. The predicted octanol–water partition coefficient (Wildman–Crippen LogP) is 0.454. The summed E-state index contributed by atoms with van der Waals surface area (Å²) in [7, 11) is 0. The minimum Gasteiger partial charge on any atom is -0.394 e. The van der Waals surface area contributed by atoms with Crippen LogP contribution in [0.15, 0.2) is 12.2 Å². The zero-order chi connectivity index (χ0) is 10.2. The normalized spacial score (nSPS) is 38.9. The molecule has 1 fully saturated rings. The molecule has 14 heavy (non-hydrogen) atoms. The van der Waals surface area contributed by atoms with Crippen molar-refractivity contribution in [1.29, 1.82) is 0 Å². The van der Waals surface area contributed by atoms with E-state index in [-0.39, 0.29) is 24.9 Å². The van der Waals surface area contributed by atoms with Crippen molar-refractivity contribution in [2.45, 2.75) is 37.9 Å². The van der Waals surface area contributed by atoms with Crippen molar-refractivity contribution in [1.82, 2.24) is 0 Å². The molecule has 4 nitrogen and oxygen atoms in total. The first-order valence-corrected chi connectivity index (χ1v) is 4.89. The highest BCUT2D eigenvalue weighted by Gasteiger charge is 2.46. The molecule has 2 aliphatic rings. The molecule has 1 saturated heterocycles. The Bertz CT molecular complexity index is 236. The third kappa shape index (κ3) is 1.83. The third-order valence-electron chi connectivity index (χ3n) is 2.38. The lowest BCUT2D eigenvalue weighted by molar-refractivity contribution is -0.156. The van der Waals surface area contributed by atoms with E-state index in [1.54, 1.807) is 0 Å². The molecule has 0 radical (unpaired) electrons. The number of fused-ring (bicyclic) bond motifs is 1. The van der Waals surface area contributed by atoms with Crippen LogP contribution in [0.25, 0.3) is 0 Å². The Morgan fingerprint density at radius 2 is 2.14 bits per heavy atom. The molecule has 0 aromatic heterocycles. The summed E-state index contributed by atoms with van der Waals surface area (Å²) in [5.74, 6) is -0.527. The van der Waals surface area contributed by atoms with Gasteiger partial charge in [0, 0.05) is 0 Å². The first-order valence-electron chi connectivity index (χ1n) is 4.89. The van der Waals surface area contributed by atoms with Crippen LogP contribution in [0.2, 0.25) is 0 Å². The van der Waals surface area contributed by atoms with Crippen molar-refractivity contribution in [3.05, 3.63) is 12.2 Å². The molecule has 0 aromatic rings. The number of aliphatic hydroxyl groups is 1. The quantitative estimate of drug-likeness (QED) is 0.672. The van der Waals surface area contributed by atoms with Crippen molar-refractivity contribution in [3.8, 4) is 0 Å². The summed E-state index contributed by atoms with van der Waals surface area (Å²) >= 11 is 0. The topological polar surface area (TPSA) is 47.9 Å². The first kappa shape index (κ1) is 10.1. The summed E-state index contributed by atoms with van der Waals surface area (Å²) in [6, 6.07) is 0. The average Bonchev–Trinajstić information content (AvgIpc) is 2.57. The van der Waals surface area contributed by atoms with Gasteiger partial charge in [-0.1, -0.05) is 12.2 Å². The van der Waals surface area contributed by atoms with Crippen LogP contribution in [0.5, 0.6) is 0 Å². The van der Waals surface area contributed by atoms with Gasteiger partial charge >= 0.3 is 0 Å². The number of hydrogen-bond acceptors (Lipinski definition) is 4. The fraction of sp³-hybridized carbons (Fsp3) is 0.800. The van der Waals surface area contributed by atoms with Crippen LogP contribution in [-0.2, 0) is 14.2 Å². The van der Waals surface area contributed by atoms with Crippen molar-refractivity contribution in [3.63, 3.8) is 0 Å². The van der Waals surface area contributed by atoms with E-state index in [1.165, 1.54) is 0 Å². The maximum Gasteiger partial charge on any atom is 0.164 e. The van der Waals surface area contributed by atoms with Gasteiger partial charge in [0.15, 0.2) is 5.79 Å². The monoisotopic (exact) mass is 200 g/mol. The highest BCUT2D eigenvalue weighted by molar-refractivity contribution is 5.13. The van der Waals surface area contributed by atoms with E-state index in [0.29, 0.717) is 6.61 Å². The average molecular weight is 200 g/mol. The van der Waals surface area contributed by atoms with Crippen LogP contribution in [0, 0.1) is 0 Å². The molecule has 3 unspecified atom stereocenters. The largest absolute Gasteiger partial charge is 0.394 e. The molecule has 4 heteroatoms. The summed E-state index contributed by atoms with van der Waals surface area (Å²) < 4.78 is 16.7. The van der Waals surface area contributed by atoms with E-state index in [2.05, 4.69) is 0 Å². The molecule has 0 bridgehead atoms. The maximum atomic E-state index is 8.65. The van der Waals surface area contributed by atoms with Crippen LogP contribution in [-0.4, -0.2) is 42.4 Å². The molecule has 1 aliphatic heterocycles. The van der Waals surface area contributed by atoms with Crippen molar-refractivity contribution in [2.75, 3.05) is 13.2 Å². The van der Waals surface area contributed by atoms with E-state index >= 15 is 0 Å². The van der Waals surface area contributed by atoms with Crippen molar-refractivity contribution >= 4 is 0 Å². The molecule has 0 amide bonds. The summed E-state index contributed by atoms with van der Waals surface area (Å²) in [6.45, 7) is 4.15. The van der Waals surface area contributed by atoms with Crippen LogP contribution in [0.1, 0.15) is 13.8 Å². The minimum atomic E-state index is -0.527. The van der Waals surface area contributed by atoms with Gasteiger partial charge in [-0.2, -0.15) is 0 Å². The Morgan fingerprint density at radius 3 is 2.86 bits per heavy atom. The zero-order valence-corrected chi connectivity index (χ0v) is 8.47. The number of hydrogen-bond donors (Lipinski definition) is 1. The van der Waals surface area contributed by atoms with Gasteiger partial charge in [0.1, 0.15) is 18.3 Å². The van der Waals surface area contributed by atoms with Gasteiger partial charge in [-0.25, -0.2) is 0 Å². The Hall–Kier alpha value is -0.420. The lowest BCUT2D eigenvalue weighted by Gasteiger charge is -2.20. The van der Waals surface area contributed by atoms with Gasteiger partial charge < -0.3 is 19.3 Å². The summed E-state index contributed by atoms with van der Waals surface area (Å²) in [5, 5.41) is 8.65. The lowest BCUT2D eigenvalue weighted by Crippen LogP contribution is -2.31. The van der Waals surface area contributed by atoms with Crippen molar-refractivity contribution in [2.24, 2.45) is 0 Å². The van der Waals surface area contributed by atoms with E-state index < -0.39 is 5.79 Å². The highest BCUT2D eigenvalue weighted by Crippen LogP contribution is 2.35. The Kier molecular flexibility index (Phi) is 2.62. The van der Waals surface area contributed by atoms with E-state index in [1.807, 2.05) is 26.0 Å². The molecule has 1 N–H and O–H groups in total. The second kappa shape index (κ2) is 3.62. The number of rotatable bonds is 3. The van der Waals surface area contributed by atoms with E-state index in [9.17, 15) is 0 Å². The molecule has 2 rings (SSSR count). The zero-order valence-electron chi connectivity index (χ0n) is 8.47. The Labute approximate surface area is 83.5 Å². The molecule has 0 spiro atoms. The molecular weight excluding hydrogens is 184 g/mol. The number of ether oxygens (including phenoxy) is 3. The summed E-state index contributed by atoms with van der Waals surface area (Å²) in [6.07, 6.45) is 3.74. The highest BCUT2D eigenvalue weighted by atomic mass is 16.8. The first-order chi connectivity index (χ1) is 6.62. The molecule has 3 atom stereocenters. The van der Waals surface area contributed by atoms with E-state index in [4.69, 9.17) is 19.3 Å². The summed E-state index contributed by atoms with van der Waals surface area (Å²) in [4.78, 5) is 0. The van der Waals surface area contributed by atoms with Gasteiger partial charge in [0.05, 0.1) is 13.2 Å². The summed E-state index contributed by atoms with van der Waals surface area (Å²) in [5.41, 5.74) is 0. The lowest BCUT2D eigenvalue weighted by atomic mass is 10.2. The van der Waals surface area contributed by atoms with Crippen LogP contribution < -0.4 is 0 Å². The molecule has 1 aliphatic carbocycles. The maximum absolute atomic E-state index is 8.65. The van der Waals surface area contributed by atoms with Gasteiger partial charge in [0.25, 0.3) is 0 Å². The molecule has 0 saturated carbocycles. The molecule has 1 heterocycles. The van der Waals surface area contributed by atoms with Crippen LogP contribution in [0.3, 0.4) is 0 Å². The van der Waals surface area contributed by atoms with Crippen LogP contribution in [0.4, 0.5) is 0 Å². The smallest absolute Gasteiger partial charge is 0.164 e. The molecule has 0 aromatic carbocycles. The van der Waals surface area contributed by atoms with Crippen molar-refractivity contribution < 1.29 is 19.3 Å². The van der Waals surface area contributed by atoms with Crippen LogP contribution >= 0.6 is 0 Å². The Balaban J connectivity index is 1.95. The second-order valence-electron chi connectivity index (χ2n) is 4.01. The van der Waals surface area contributed by atoms with Gasteiger partial charge in [0.2, 0.25) is 0 Å². The van der Waals surface area contributed by atoms with Gasteiger partial charge in [-0.15, -0.1) is 0 Å². The van der Waals surface area contributed by atoms with E-state index in [0.717, 1.165) is 0 Å². The molecule has 80 valence electrons. The predicted molar refractivity (Wildman–Crippen MR) is 49.8 cm³/mol. The fourth-order valence-corrected chi connectivity index (χ4v) is 1.89. The fourth-order valence-electron chi connectivity index (χ4n) is 1.89. The minimum absolute atomic E-state index is 0.00584. The number of aliphatic hydroxyl groups excluding tert-OH is 1.